The van der Waals surface area contributed by atoms with Gasteiger partial charge in [0.1, 0.15) is 11.6 Å². The fourth-order valence-corrected chi connectivity index (χ4v) is 2.79. The molecule has 0 atom stereocenters. The Labute approximate surface area is 164 Å². The summed E-state index contributed by atoms with van der Waals surface area (Å²) in [7, 11) is 0. The summed E-state index contributed by atoms with van der Waals surface area (Å²) in [5.41, 5.74) is 1.15. The zero-order valence-corrected chi connectivity index (χ0v) is 15.6. The lowest BCUT2D eigenvalue weighted by Crippen LogP contribution is -2.09. The van der Waals surface area contributed by atoms with Gasteiger partial charge in [-0.3, -0.25) is 4.79 Å². The van der Waals surface area contributed by atoms with Gasteiger partial charge in [-0.25, -0.2) is 9.18 Å². The second-order valence-corrected chi connectivity index (χ2v) is 6.47. The molecule has 3 aromatic rings. The first kappa shape index (κ1) is 18.7. The largest absolute Gasteiger partial charge is 0.423 e. The number of carbonyl (C=O) groups excluding carboxylic acids is 2. The molecule has 0 amide bonds. The van der Waals surface area contributed by atoms with Crippen LogP contribution in [0.1, 0.15) is 26.3 Å². The molecular weight excluding hydrogens is 411 g/mol. The van der Waals surface area contributed by atoms with Crippen molar-refractivity contribution in [3.8, 4) is 5.75 Å². The van der Waals surface area contributed by atoms with Crippen LogP contribution in [0, 0.1) is 5.82 Å². The molecule has 0 unspecified atom stereocenters. The van der Waals surface area contributed by atoms with Crippen molar-refractivity contribution in [3.05, 3.63) is 106 Å². The molecule has 27 heavy (non-hydrogen) atoms. The average molecular weight is 425 g/mol. The van der Waals surface area contributed by atoms with Gasteiger partial charge in [-0.05, 0) is 70.5 Å². The van der Waals surface area contributed by atoms with E-state index in [-0.39, 0.29) is 5.78 Å². The second-order valence-electron chi connectivity index (χ2n) is 5.61. The van der Waals surface area contributed by atoms with Crippen molar-refractivity contribution in [1.82, 2.24) is 0 Å². The van der Waals surface area contributed by atoms with Crippen LogP contribution < -0.4 is 4.74 Å². The first-order valence-corrected chi connectivity index (χ1v) is 8.87. The predicted molar refractivity (Wildman–Crippen MR) is 105 cm³/mol. The van der Waals surface area contributed by atoms with Crippen LogP contribution in [0.15, 0.2) is 83.3 Å². The zero-order valence-electron chi connectivity index (χ0n) is 14.1. The summed E-state index contributed by atoms with van der Waals surface area (Å²) in [4.78, 5) is 24.4. The molecule has 0 heterocycles. The highest BCUT2D eigenvalue weighted by molar-refractivity contribution is 9.10. The Hall–Kier alpha value is -3.05. The lowest BCUT2D eigenvalue weighted by molar-refractivity contribution is 0.0733. The van der Waals surface area contributed by atoms with Gasteiger partial charge in [0, 0.05) is 15.6 Å². The highest BCUT2D eigenvalue weighted by Gasteiger charge is 2.12. The van der Waals surface area contributed by atoms with E-state index in [1.165, 1.54) is 18.2 Å². The predicted octanol–water partition coefficient (Wildman–Crippen LogP) is 5.70. The van der Waals surface area contributed by atoms with E-state index in [9.17, 15) is 14.0 Å². The third kappa shape index (κ3) is 4.77. The van der Waals surface area contributed by atoms with Crippen LogP contribution in [0.2, 0.25) is 0 Å². The molecule has 3 rings (SSSR count). The van der Waals surface area contributed by atoms with E-state index in [1.54, 1.807) is 66.7 Å². The van der Waals surface area contributed by atoms with Crippen LogP contribution in [0.4, 0.5) is 4.39 Å². The Balaban J connectivity index is 1.68. The molecule has 0 saturated carbocycles. The zero-order chi connectivity index (χ0) is 19.2. The van der Waals surface area contributed by atoms with Gasteiger partial charge in [-0.1, -0.05) is 30.3 Å². The van der Waals surface area contributed by atoms with Crippen LogP contribution >= 0.6 is 15.9 Å². The first-order valence-electron chi connectivity index (χ1n) is 8.08. The number of benzene rings is 3. The van der Waals surface area contributed by atoms with E-state index in [0.717, 1.165) is 0 Å². The van der Waals surface area contributed by atoms with Crippen molar-refractivity contribution in [1.29, 1.82) is 0 Å². The summed E-state index contributed by atoms with van der Waals surface area (Å²) in [5.74, 6) is -0.843. The lowest BCUT2D eigenvalue weighted by atomic mass is 10.1. The standard InChI is InChI=1S/C22H14BrFO3/c23-19-7-3-2-6-18(19)22(26)27-17-12-9-16(10-13-17)21(25)14-11-15-5-1-4-8-20(15)24/h1-14H. The molecule has 0 aliphatic rings. The maximum Gasteiger partial charge on any atom is 0.344 e. The molecule has 0 saturated heterocycles. The van der Waals surface area contributed by atoms with E-state index in [1.807, 2.05) is 0 Å². The topological polar surface area (TPSA) is 43.4 Å². The van der Waals surface area contributed by atoms with Crippen molar-refractivity contribution in [2.75, 3.05) is 0 Å². The van der Waals surface area contributed by atoms with Crippen molar-refractivity contribution in [2.24, 2.45) is 0 Å². The lowest BCUT2D eigenvalue weighted by Gasteiger charge is -2.06. The van der Waals surface area contributed by atoms with Gasteiger partial charge in [0.2, 0.25) is 0 Å². The monoisotopic (exact) mass is 424 g/mol. The van der Waals surface area contributed by atoms with Gasteiger partial charge in [0.15, 0.2) is 5.78 Å². The molecular formula is C22H14BrFO3. The maximum atomic E-state index is 13.6. The summed E-state index contributed by atoms with van der Waals surface area (Å²) in [6.07, 6.45) is 2.74. The van der Waals surface area contributed by atoms with Crippen LogP contribution in [0.5, 0.6) is 5.75 Å². The fraction of sp³-hybridized carbons (Fsp3) is 0. The Morgan fingerprint density at radius 3 is 2.26 bits per heavy atom. The number of rotatable bonds is 5. The number of esters is 1. The van der Waals surface area contributed by atoms with Crippen LogP contribution in [-0.2, 0) is 0 Å². The third-order valence-electron chi connectivity index (χ3n) is 3.76. The molecule has 134 valence electrons. The summed E-state index contributed by atoms with van der Waals surface area (Å²) in [6.45, 7) is 0. The molecule has 0 N–H and O–H groups in total. The van der Waals surface area contributed by atoms with Crippen molar-refractivity contribution >= 4 is 33.8 Å². The molecule has 0 bridgehead atoms. The highest BCUT2D eigenvalue weighted by atomic mass is 79.9. The van der Waals surface area contributed by atoms with Crippen LogP contribution in [0.25, 0.3) is 6.08 Å². The Kier molecular flexibility index (Phi) is 5.94. The van der Waals surface area contributed by atoms with Gasteiger partial charge in [0.25, 0.3) is 0 Å². The minimum absolute atomic E-state index is 0.276. The second kappa shape index (κ2) is 8.56. The summed E-state index contributed by atoms with van der Waals surface area (Å²) >= 11 is 3.30. The average Bonchev–Trinajstić information content (AvgIpc) is 2.68. The Morgan fingerprint density at radius 1 is 0.889 bits per heavy atom. The van der Waals surface area contributed by atoms with Crippen molar-refractivity contribution in [3.63, 3.8) is 0 Å². The SMILES string of the molecule is O=C(C=Cc1ccccc1F)c1ccc(OC(=O)c2ccccc2Br)cc1. The van der Waals surface area contributed by atoms with Gasteiger partial charge >= 0.3 is 5.97 Å². The van der Waals surface area contributed by atoms with Crippen LogP contribution in [0.3, 0.4) is 0 Å². The van der Waals surface area contributed by atoms with Gasteiger partial charge < -0.3 is 4.74 Å². The first-order chi connectivity index (χ1) is 13.0. The molecule has 0 aliphatic heterocycles. The molecule has 3 aromatic carbocycles. The summed E-state index contributed by atoms with van der Waals surface area (Å²) in [6, 6.07) is 19.3. The fourth-order valence-electron chi connectivity index (χ4n) is 2.35. The minimum atomic E-state index is -0.499. The van der Waals surface area contributed by atoms with E-state index >= 15 is 0 Å². The van der Waals surface area contributed by atoms with E-state index in [4.69, 9.17) is 4.74 Å². The number of carbonyl (C=O) groups is 2. The molecule has 5 heteroatoms. The van der Waals surface area contributed by atoms with Crippen LogP contribution in [-0.4, -0.2) is 11.8 Å². The van der Waals surface area contributed by atoms with Gasteiger partial charge in [-0.15, -0.1) is 0 Å². The highest BCUT2D eigenvalue weighted by Crippen LogP contribution is 2.20. The van der Waals surface area contributed by atoms with E-state index < -0.39 is 11.8 Å². The molecule has 0 radical (unpaired) electrons. The minimum Gasteiger partial charge on any atom is -0.423 e. The quantitative estimate of drug-likeness (QED) is 0.228. The maximum absolute atomic E-state index is 13.6. The summed E-state index contributed by atoms with van der Waals surface area (Å²) < 4.78 is 19.5. The number of allylic oxidation sites excluding steroid dienone is 1. The molecule has 0 aliphatic carbocycles. The Bertz CT molecular complexity index is 1010. The number of hydrogen-bond acceptors (Lipinski definition) is 3. The van der Waals surface area contributed by atoms with Crippen molar-refractivity contribution in [2.45, 2.75) is 0 Å². The number of halogens is 2. The normalized spacial score (nSPS) is 10.7. The number of ketones is 1. The third-order valence-corrected chi connectivity index (χ3v) is 4.45. The number of hydrogen-bond donors (Lipinski definition) is 0. The molecule has 0 fully saturated rings. The summed E-state index contributed by atoms with van der Waals surface area (Å²) in [5, 5.41) is 0. The van der Waals surface area contributed by atoms with Crippen molar-refractivity contribution < 1.29 is 18.7 Å². The molecule has 0 aromatic heterocycles. The molecule has 3 nitrogen and oxygen atoms in total. The van der Waals surface area contributed by atoms with E-state index in [2.05, 4.69) is 15.9 Å². The number of ether oxygens (including phenoxy) is 1. The Morgan fingerprint density at radius 2 is 1.56 bits per heavy atom. The smallest absolute Gasteiger partial charge is 0.344 e. The molecule has 0 spiro atoms. The van der Waals surface area contributed by atoms with Gasteiger partial charge in [0.05, 0.1) is 5.56 Å². The van der Waals surface area contributed by atoms with E-state index in [0.29, 0.717) is 26.9 Å². The van der Waals surface area contributed by atoms with Gasteiger partial charge in [-0.2, -0.15) is 0 Å².